The number of aromatic nitrogens is 1. The van der Waals surface area contributed by atoms with Crippen molar-refractivity contribution in [1.82, 2.24) is 9.88 Å². The van der Waals surface area contributed by atoms with Crippen LogP contribution in [-0.2, 0) is 11.3 Å². The number of phenols is 1. The molecule has 0 spiro atoms. The van der Waals surface area contributed by atoms with E-state index in [1.165, 1.54) is 5.56 Å². The van der Waals surface area contributed by atoms with E-state index in [2.05, 4.69) is 28.1 Å². The Kier molecular flexibility index (Phi) is 9.19. The zero-order valence-electron chi connectivity index (χ0n) is 17.4. The molecule has 144 valence electrons. The first kappa shape index (κ1) is 22.6. The molecule has 3 rings (SSSR count). The van der Waals surface area contributed by atoms with Gasteiger partial charge in [0.15, 0.2) is 0 Å². The molecule has 0 saturated carbocycles. The fraction of sp³-hybridized carbons (Fsp3) is 0.364. The number of carboxylic acids is 1. The Labute approximate surface area is 189 Å². The van der Waals surface area contributed by atoms with Gasteiger partial charge < -0.3 is 11.6 Å². The second kappa shape index (κ2) is 11.4. The Hall–Kier alpha value is -1.66. The molecule has 0 bridgehead atoms. The molecular weight excluding hydrogens is 363 g/mol. The third-order valence-electron chi connectivity index (χ3n) is 5.08. The Morgan fingerprint density at radius 3 is 2.86 bits per heavy atom. The van der Waals surface area contributed by atoms with Crippen LogP contribution < -0.4 is 29.6 Å². The number of carboxylic acid groups (broad SMARTS) is 1. The Morgan fingerprint density at radius 2 is 2.14 bits per heavy atom. The van der Waals surface area contributed by atoms with Crippen molar-refractivity contribution in [2.45, 2.75) is 38.3 Å². The van der Waals surface area contributed by atoms with Crippen LogP contribution in [0.1, 0.15) is 44.3 Å². The van der Waals surface area contributed by atoms with E-state index in [1.54, 1.807) is 12.3 Å². The van der Waals surface area contributed by atoms with E-state index in [0.717, 1.165) is 31.5 Å². The number of benzene rings is 1. The van der Waals surface area contributed by atoms with E-state index in [0.29, 0.717) is 12.3 Å². The van der Waals surface area contributed by atoms with Crippen molar-refractivity contribution >= 4 is 5.97 Å². The number of hydrogen-bond acceptors (Lipinski definition) is 4. The van der Waals surface area contributed by atoms with Crippen molar-refractivity contribution in [3.63, 3.8) is 0 Å². The molecule has 1 fully saturated rings. The van der Waals surface area contributed by atoms with E-state index in [-0.39, 0.29) is 49.2 Å². The quantitative estimate of drug-likeness (QED) is 0.525. The maximum atomic E-state index is 10.6. The van der Waals surface area contributed by atoms with Gasteiger partial charge in [-0.3, -0.25) is 14.7 Å². The molecule has 1 aromatic heterocycles. The van der Waals surface area contributed by atoms with Crippen molar-refractivity contribution < 1.29 is 46.0 Å². The molecule has 2 N–H and O–H groups in total. The minimum absolute atomic E-state index is 0. The van der Waals surface area contributed by atoms with Gasteiger partial charge in [0.1, 0.15) is 5.75 Å². The second-order valence-electron chi connectivity index (χ2n) is 7.06. The molecule has 0 aliphatic carbocycles. The van der Waals surface area contributed by atoms with E-state index < -0.39 is 5.97 Å². The predicted molar refractivity (Wildman–Crippen MR) is 105 cm³/mol. The van der Waals surface area contributed by atoms with Crippen LogP contribution in [0.5, 0.6) is 5.75 Å². The average molecular weight is 390 g/mol. The van der Waals surface area contributed by atoms with Gasteiger partial charge in [-0.05, 0) is 61.1 Å². The van der Waals surface area contributed by atoms with E-state index >= 15 is 0 Å². The van der Waals surface area contributed by atoms with Crippen LogP contribution in [0.15, 0.2) is 60.9 Å². The summed E-state index contributed by atoms with van der Waals surface area (Å²) >= 11 is 0. The van der Waals surface area contributed by atoms with Gasteiger partial charge in [-0.2, -0.15) is 0 Å². The zero-order valence-corrected chi connectivity index (χ0v) is 18.4. The number of pyridine rings is 1. The van der Waals surface area contributed by atoms with Crippen LogP contribution >= 0.6 is 0 Å². The van der Waals surface area contributed by atoms with Crippen LogP contribution in [0, 0.1) is 5.92 Å². The number of allylic oxidation sites excluding steroid dienone is 2. The molecule has 1 saturated heterocycles. The molecule has 0 radical (unpaired) electrons. The van der Waals surface area contributed by atoms with E-state index in [4.69, 9.17) is 5.11 Å². The number of phenolic OH excluding ortho intramolecular Hbond substituents is 1. The predicted octanol–water partition coefficient (Wildman–Crippen LogP) is 1.28. The summed E-state index contributed by atoms with van der Waals surface area (Å²) in [5.74, 6) is -0.0400. The molecule has 1 aliphatic heterocycles. The first-order chi connectivity index (χ1) is 13.1. The van der Waals surface area contributed by atoms with Gasteiger partial charge in [0.05, 0.1) is 0 Å². The first-order valence-electron chi connectivity index (χ1n) is 9.42. The molecule has 6 heteroatoms. The van der Waals surface area contributed by atoms with Crippen molar-refractivity contribution in [3.8, 4) is 5.75 Å². The van der Waals surface area contributed by atoms with Crippen molar-refractivity contribution in [1.29, 1.82) is 0 Å². The van der Waals surface area contributed by atoms with Gasteiger partial charge in [-0.15, -0.1) is 0 Å². The summed E-state index contributed by atoms with van der Waals surface area (Å²) in [4.78, 5) is 17.3. The summed E-state index contributed by atoms with van der Waals surface area (Å²) in [5, 5.41) is 18.7. The van der Waals surface area contributed by atoms with Crippen LogP contribution in [-0.4, -0.2) is 32.6 Å². The first-order valence-corrected chi connectivity index (χ1v) is 9.42. The largest absolute Gasteiger partial charge is 1.00 e. The van der Waals surface area contributed by atoms with E-state index in [1.807, 2.05) is 30.5 Å². The van der Waals surface area contributed by atoms with Crippen molar-refractivity contribution in [3.05, 3.63) is 72.1 Å². The Balaban J connectivity index is 0.00000210. The third kappa shape index (κ3) is 6.45. The van der Waals surface area contributed by atoms with Crippen molar-refractivity contribution in [2.75, 3.05) is 6.54 Å². The summed E-state index contributed by atoms with van der Waals surface area (Å²) < 4.78 is 0. The van der Waals surface area contributed by atoms with Gasteiger partial charge in [-0.25, -0.2) is 0 Å². The zero-order chi connectivity index (χ0) is 19.1. The number of carbonyl (C=O) groups is 1. The summed E-state index contributed by atoms with van der Waals surface area (Å²) in [7, 11) is 0. The SMILES string of the molecule is O=C(O)CC/C=C\C[C@@H]1CCN(Cc2cccnc2)[C@@H]1c1cccc(O)c1.[H-].[Na+]. The summed E-state index contributed by atoms with van der Waals surface area (Å²) in [5.41, 5.74) is 2.31. The Bertz CT molecular complexity index is 789. The van der Waals surface area contributed by atoms with Gasteiger partial charge >= 0.3 is 35.5 Å². The molecule has 1 aliphatic rings. The third-order valence-corrected chi connectivity index (χ3v) is 5.08. The minimum Gasteiger partial charge on any atom is -1.00 e. The normalized spacial score (nSPS) is 19.6. The molecule has 1 aromatic carbocycles. The second-order valence-corrected chi connectivity index (χ2v) is 7.06. The monoisotopic (exact) mass is 390 g/mol. The molecule has 0 unspecified atom stereocenters. The Morgan fingerprint density at radius 1 is 1.29 bits per heavy atom. The smallest absolute Gasteiger partial charge is 1.00 e. The average Bonchev–Trinajstić information content (AvgIpc) is 3.04. The van der Waals surface area contributed by atoms with Crippen molar-refractivity contribution in [2.24, 2.45) is 5.92 Å². The van der Waals surface area contributed by atoms with Crippen LogP contribution in [0.3, 0.4) is 0 Å². The summed E-state index contributed by atoms with van der Waals surface area (Å²) in [6, 6.07) is 11.8. The fourth-order valence-corrected chi connectivity index (χ4v) is 3.86. The van der Waals surface area contributed by atoms with Crippen LogP contribution in [0.25, 0.3) is 0 Å². The number of aromatic hydroxyl groups is 1. The molecule has 2 heterocycles. The number of rotatable bonds is 8. The standard InChI is InChI=1S/C22H26N2O3.Na.H/c25-20-9-4-8-19(14-20)22-18(7-2-1-3-10-21(26)27)11-13-24(22)16-17-6-5-12-23-15-17;;/h1-2,4-6,8-9,12,14-15,18,22,25H,3,7,10-11,13,16H2,(H,26,27);;/q;+1;-1/b2-1-;;/t18-,22+;;/m1../s1. The van der Waals surface area contributed by atoms with Crippen LogP contribution in [0.4, 0.5) is 0 Å². The van der Waals surface area contributed by atoms with Gasteiger partial charge in [-0.1, -0.05) is 30.4 Å². The maximum Gasteiger partial charge on any atom is 1.00 e. The molecular formula is C22H27N2NaO3. The van der Waals surface area contributed by atoms with Gasteiger partial charge in [0.25, 0.3) is 0 Å². The number of likely N-dealkylation sites (tertiary alicyclic amines) is 1. The fourth-order valence-electron chi connectivity index (χ4n) is 3.86. The topological polar surface area (TPSA) is 73.7 Å². The summed E-state index contributed by atoms with van der Waals surface area (Å²) in [6.45, 7) is 1.82. The molecule has 0 amide bonds. The van der Waals surface area contributed by atoms with Crippen LogP contribution in [0.2, 0.25) is 0 Å². The maximum absolute atomic E-state index is 10.6. The molecule has 2 atom stereocenters. The minimum atomic E-state index is -0.763. The van der Waals surface area contributed by atoms with Gasteiger partial charge in [0, 0.05) is 31.4 Å². The van der Waals surface area contributed by atoms with Gasteiger partial charge in [0.2, 0.25) is 0 Å². The van der Waals surface area contributed by atoms with E-state index in [9.17, 15) is 9.90 Å². The number of hydrogen-bond donors (Lipinski definition) is 2. The molecule has 28 heavy (non-hydrogen) atoms. The molecule has 2 aromatic rings. The number of aliphatic carboxylic acids is 1. The summed E-state index contributed by atoms with van der Waals surface area (Å²) in [6.07, 6.45) is 10.5. The molecule has 5 nitrogen and oxygen atoms in total. The number of nitrogens with zero attached hydrogens (tertiary/aromatic N) is 2.